The number of furan rings is 1. The maximum absolute atomic E-state index is 6.18. The van der Waals surface area contributed by atoms with E-state index in [1.807, 2.05) is 13.0 Å². The van der Waals surface area contributed by atoms with Gasteiger partial charge in [-0.15, -0.1) is 0 Å². The highest BCUT2D eigenvalue weighted by Crippen LogP contribution is 2.27. The van der Waals surface area contributed by atoms with Gasteiger partial charge in [-0.05, 0) is 57.8 Å². The third-order valence-corrected chi connectivity index (χ3v) is 5.31. The summed E-state index contributed by atoms with van der Waals surface area (Å²) in [4.78, 5) is 7.13. The Labute approximate surface area is 145 Å². The van der Waals surface area contributed by atoms with E-state index in [2.05, 4.69) is 21.3 Å². The van der Waals surface area contributed by atoms with Crippen LogP contribution >= 0.6 is 0 Å². The lowest BCUT2D eigenvalue weighted by Gasteiger charge is -2.25. The first kappa shape index (κ1) is 17.3. The summed E-state index contributed by atoms with van der Waals surface area (Å²) in [6.07, 6.45) is 10.2. The number of aliphatic imine (C=N–C) groups is 1. The molecule has 1 saturated heterocycles. The van der Waals surface area contributed by atoms with Gasteiger partial charge in [0.2, 0.25) is 0 Å². The summed E-state index contributed by atoms with van der Waals surface area (Å²) in [6.45, 7) is 4.90. The Kier molecular flexibility index (Phi) is 6.18. The minimum absolute atomic E-state index is 0.204. The first-order valence-electron chi connectivity index (χ1n) is 9.59. The maximum Gasteiger partial charge on any atom is 0.188 e. The van der Waals surface area contributed by atoms with Crippen LogP contribution in [0.1, 0.15) is 68.9 Å². The quantitative estimate of drug-likeness (QED) is 0.493. The lowest BCUT2D eigenvalue weighted by atomic mass is 10.1. The molecule has 1 saturated carbocycles. The van der Waals surface area contributed by atoms with Gasteiger partial charge >= 0.3 is 0 Å². The summed E-state index contributed by atoms with van der Waals surface area (Å²) >= 11 is 0. The van der Waals surface area contributed by atoms with Gasteiger partial charge in [0.05, 0.1) is 12.6 Å². The molecule has 1 atom stereocenters. The van der Waals surface area contributed by atoms with Crippen molar-refractivity contribution in [2.45, 2.75) is 70.4 Å². The number of likely N-dealkylation sites (tertiary alicyclic amines) is 1. The van der Waals surface area contributed by atoms with Crippen LogP contribution in [-0.4, -0.2) is 36.5 Å². The normalized spacial score (nSPS) is 22.5. The van der Waals surface area contributed by atoms with Gasteiger partial charge in [-0.1, -0.05) is 25.7 Å². The van der Waals surface area contributed by atoms with Crippen LogP contribution in [0.15, 0.2) is 21.5 Å². The highest BCUT2D eigenvalue weighted by molar-refractivity contribution is 5.78. The Morgan fingerprint density at radius 3 is 2.54 bits per heavy atom. The van der Waals surface area contributed by atoms with E-state index in [-0.39, 0.29) is 6.04 Å². The SMILES string of the molecule is Cc1ccc(C(CN=C(N)NC2CCCCCC2)N2CCCC2)o1. The van der Waals surface area contributed by atoms with Gasteiger partial charge < -0.3 is 15.5 Å². The molecule has 0 aromatic carbocycles. The summed E-state index contributed by atoms with van der Waals surface area (Å²) < 4.78 is 5.88. The van der Waals surface area contributed by atoms with E-state index >= 15 is 0 Å². The van der Waals surface area contributed by atoms with Crippen LogP contribution in [0.25, 0.3) is 0 Å². The fraction of sp³-hybridized carbons (Fsp3) is 0.737. The maximum atomic E-state index is 6.18. The average molecular weight is 332 g/mol. The van der Waals surface area contributed by atoms with Crippen molar-refractivity contribution >= 4 is 5.96 Å². The van der Waals surface area contributed by atoms with Crippen molar-refractivity contribution in [3.05, 3.63) is 23.7 Å². The second-order valence-corrected chi connectivity index (χ2v) is 7.27. The number of hydrogen-bond donors (Lipinski definition) is 2. The highest BCUT2D eigenvalue weighted by Gasteiger charge is 2.25. The molecule has 5 nitrogen and oxygen atoms in total. The van der Waals surface area contributed by atoms with Gasteiger partial charge in [0.25, 0.3) is 0 Å². The third-order valence-electron chi connectivity index (χ3n) is 5.31. The van der Waals surface area contributed by atoms with Crippen molar-refractivity contribution in [2.75, 3.05) is 19.6 Å². The Hall–Kier alpha value is -1.49. The van der Waals surface area contributed by atoms with E-state index in [0.29, 0.717) is 18.5 Å². The first-order chi connectivity index (χ1) is 11.7. The van der Waals surface area contributed by atoms with E-state index < -0.39 is 0 Å². The highest BCUT2D eigenvalue weighted by atomic mass is 16.3. The lowest BCUT2D eigenvalue weighted by Crippen LogP contribution is -2.40. The second-order valence-electron chi connectivity index (χ2n) is 7.27. The Balaban J connectivity index is 1.61. The number of hydrogen-bond acceptors (Lipinski definition) is 3. The minimum atomic E-state index is 0.204. The predicted molar refractivity (Wildman–Crippen MR) is 98.1 cm³/mol. The number of rotatable bonds is 5. The molecule has 134 valence electrons. The molecule has 2 heterocycles. The Morgan fingerprint density at radius 1 is 1.21 bits per heavy atom. The molecule has 0 spiro atoms. The zero-order valence-corrected chi connectivity index (χ0v) is 15.0. The second kappa shape index (κ2) is 8.56. The summed E-state index contributed by atoms with van der Waals surface area (Å²) in [5.41, 5.74) is 6.18. The standard InChI is InChI=1S/C19H32N4O/c1-15-10-11-18(24-15)17(23-12-6-7-13-23)14-21-19(20)22-16-8-4-2-3-5-9-16/h10-11,16-17H,2-9,12-14H2,1H3,(H3,20,21,22). The fourth-order valence-electron chi connectivity index (χ4n) is 3.93. The zero-order chi connectivity index (χ0) is 16.8. The molecule has 2 aliphatic rings. The topological polar surface area (TPSA) is 66.8 Å². The number of guanidine groups is 1. The van der Waals surface area contributed by atoms with E-state index in [4.69, 9.17) is 10.2 Å². The van der Waals surface area contributed by atoms with Crippen molar-refractivity contribution in [3.63, 3.8) is 0 Å². The number of aryl methyl sites for hydroxylation is 1. The lowest BCUT2D eigenvalue weighted by molar-refractivity contribution is 0.219. The van der Waals surface area contributed by atoms with Gasteiger partial charge in [0.15, 0.2) is 5.96 Å². The molecule has 3 N–H and O–H groups in total. The van der Waals surface area contributed by atoms with E-state index in [1.165, 1.54) is 51.4 Å². The molecule has 0 amide bonds. The van der Waals surface area contributed by atoms with E-state index in [1.54, 1.807) is 0 Å². The minimum Gasteiger partial charge on any atom is -0.465 e. The molecule has 24 heavy (non-hydrogen) atoms. The molecule has 5 heteroatoms. The van der Waals surface area contributed by atoms with Crippen molar-refractivity contribution in [3.8, 4) is 0 Å². The third kappa shape index (κ3) is 4.76. The number of nitrogens with two attached hydrogens (primary N) is 1. The van der Waals surface area contributed by atoms with Crippen molar-refractivity contribution in [2.24, 2.45) is 10.7 Å². The fourth-order valence-corrected chi connectivity index (χ4v) is 3.93. The van der Waals surface area contributed by atoms with Crippen LogP contribution in [0.3, 0.4) is 0 Å². The summed E-state index contributed by atoms with van der Waals surface area (Å²) in [6, 6.07) is 4.82. The largest absolute Gasteiger partial charge is 0.465 e. The van der Waals surface area contributed by atoms with Gasteiger partial charge in [-0.25, -0.2) is 0 Å². The van der Waals surface area contributed by atoms with Crippen LogP contribution in [0.4, 0.5) is 0 Å². The van der Waals surface area contributed by atoms with E-state index in [9.17, 15) is 0 Å². The van der Waals surface area contributed by atoms with Crippen molar-refractivity contribution in [1.29, 1.82) is 0 Å². The van der Waals surface area contributed by atoms with Gasteiger partial charge in [-0.3, -0.25) is 9.89 Å². The van der Waals surface area contributed by atoms with E-state index in [0.717, 1.165) is 24.6 Å². The number of nitrogens with one attached hydrogen (secondary N) is 1. The van der Waals surface area contributed by atoms with Gasteiger partial charge in [-0.2, -0.15) is 0 Å². The molecule has 0 radical (unpaired) electrons. The van der Waals surface area contributed by atoms with Crippen LogP contribution in [0.5, 0.6) is 0 Å². The monoisotopic (exact) mass is 332 g/mol. The molecular formula is C19H32N4O. The molecule has 0 bridgehead atoms. The summed E-state index contributed by atoms with van der Waals surface area (Å²) in [7, 11) is 0. The van der Waals surface area contributed by atoms with Crippen molar-refractivity contribution in [1.82, 2.24) is 10.2 Å². The molecule has 1 aromatic rings. The smallest absolute Gasteiger partial charge is 0.188 e. The first-order valence-corrected chi connectivity index (χ1v) is 9.59. The van der Waals surface area contributed by atoms with Crippen LogP contribution in [0.2, 0.25) is 0 Å². The summed E-state index contributed by atoms with van der Waals surface area (Å²) in [5.74, 6) is 2.57. The molecule has 2 fully saturated rings. The average Bonchev–Trinajstić information content (AvgIpc) is 3.17. The van der Waals surface area contributed by atoms with Gasteiger partial charge in [0.1, 0.15) is 11.5 Å². The Bertz CT molecular complexity index is 525. The molecule has 1 aliphatic heterocycles. The Morgan fingerprint density at radius 2 is 1.92 bits per heavy atom. The molecule has 1 aromatic heterocycles. The molecule has 3 rings (SSSR count). The summed E-state index contributed by atoms with van der Waals surface area (Å²) in [5, 5.41) is 3.44. The van der Waals surface area contributed by atoms with Gasteiger partial charge in [0, 0.05) is 6.04 Å². The van der Waals surface area contributed by atoms with Crippen LogP contribution < -0.4 is 11.1 Å². The number of nitrogens with zero attached hydrogens (tertiary/aromatic N) is 2. The van der Waals surface area contributed by atoms with Crippen molar-refractivity contribution < 1.29 is 4.42 Å². The molecule has 1 aliphatic carbocycles. The molecule has 1 unspecified atom stereocenters. The molecular weight excluding hydrogens is 300 g/mol. The van der Waals surface area contributed by atoms with Crippen LogP contribution in [-0.2, 0) is 0 Å². The predicted octanol–water partition coefficient (Wildman–Crippen LogP) is 3.35. The zero-order valence-electron chi connectivity index (χ0n) is 15.0. The van der Waals surface area contributed by atoms with Crippen LogP contribution in [0, 0.1) is 6.92 Å².